The highest BCUT2D eigenvalue weighted by molar-refractivity contribution is 7.92. The summed E-state index contributed by atoms with van der Waals surface area (Å²) in [7, 11) is -0.534. The molecular weight excluding hydrogens is 392 g/mol. The predicted molar refractivity (Wildman–Crippen MR) is 114 cm³/mol. The fourth-order valence-corrected chi connectivity index (χ4v) is 3.80. The monoisotopic (exact) mass is 420 g/mol. The minimum absolute atomic E-state index is 0.321. The lowest BCUT2D eigenvalue weighted by atomic mass is 10.1. The van der Waals surface area contributed by atoms with Crippen LogP contribution in [0.3, 0.4) is 0 Å². The maximum absolute atomic E-state index is 12.7. The van der Waals surface area contributed by atoms with E-state index in [9.17, 15) is 13.2 Å². The highest BCUT2D eigenvalue weighted by Gasteiger charge is 2.23. The van der Waals surface area contributed by atoms with Gasteiger partial charge in [-0.25, -0.2) is 8.42 Å². The molecule has 1 atom stereocenters. The second-order valence-corrected chi connectivity index (χ2v) is 8.84. The molecule has 0 heterocycles. The number of rotatable bonds is 8. The van der Waals surface area contributed by atoms with Gasteiger partial charge < -0.3 is 14.8 Å². The van der Waals surface area contributed by atoms with E-state index >= 15 is 0 Å². The van der Waals surface area contributed by atoms with Gasteiger partial charge in [0.1, 0.15) is 18.0 Å². The van der Waals surface area contributed by atoms with E-state index in [1.807, 2.05) is 19.9 Å². The van der Waals surface area contributed by atoms with Crippen LogP contribution < -0.4 is 19.1 Å². The lowest BCUT2D eigenvalue weighted by Crippen LogP contribution is -2.41. The molecule has 1 amide bonds. The van der Waals surface area contributed by atoms with Crippen LogP contribution in [-0.2, 0) is 14.8 Å². The first-order chi connectivity index (χ1) is 13.6. The first-order valence-electron chi connectivity index (χ1n) is 9.13. The number of benzene rings is 2. The smallest absolute Gasteiger partial charge is 0.241 e. The maximum atomic E-state index is 12.7. The van der Waals surface area contributed by atoms with Crippen LogP contribution in [-0.4, -0.2) is 41.3 Å². The average molecular weight is 421 g/mol. The SMILES string of the molecule is COc1ccc(OC)c([C@H](C)NC(=O)CN(c2ccc(C)c(C)c2)S(C)(=O)=O)c1. The summed E-state index contributed by atoms with van der Waals surface area (Å²) in [5, 5.41) is 2.84. The Morgan fingerprint density at radius 3 is 2.31 bits per heavy atom. The molecule has 0 bridgehead atoms. The molecule has 0 aliphatic carbocycles. The molecule has 0 fully saturated rings. The van der Waals surface area contributed by atoms with Crippen molar-refractivity contribution in [1.82, 2.24) is 5.32 Å². The van der Waals surface area contributed by atoms with Crippen LogP contribution in [0, 0.1) is 13.8 Å². The van der Waals surface area contributed by atoms with E-state index in [2.05, 4.69) is 5.32 Å². The molecule has 0 aliphatic rings. The van der Waals surface area contributed by atoms with Crippen LogP contribution >= 0.6 is 0 Å². The third kappa shape index (κ3) is 5.63. The van der Waals surface area contributed by atoms with Crippen molar-refractivity contribution >= 4 is 21.6 Å². The zero-order chi connectivity index (χ0) is 21.8. The maximum Gasteiger partial charge on any atom is 0.241 e. The molecule has 0 spiro atoms. The first-order valence-corrected chi connectivity index (χ1v) is 11.0. The summed E-state index contributed by atoms with van der Waals surface area (Å²) in [6.45, 7) is 5.32. The molecule has 0 saturated carbocycles. The standard InChI is InChI=1S/C21H28N2O5S/c1-14-7-8-17(11-15(14)2)23(29(6,25)26)13-21(24)22-16(3)19-12-18(27-4)9-10-20(19)28-5/h7-12,16H,13H2,1-6H3,(H,22,24)/t16-/m0/s1. The fourth-order valence-electron chi connectivity index (χ4n) is 2.95. The number of nitrogens with one attached hydrogen (secondary N) is 1. The zero-order valence-electron chi connectivity index (χ0n) is 17.6. The van der Waals surface area contributed by atoms with E-state index in [1.54, 1.807) is 51.5 Å². The Labute approximate surface area is 172 Å². The minimum atomic E-state index is -3.64. The van der Waals surface area contributed by atoms with Crippen molar-refractivity contribution in [3.05, 3.63) is 53.1 Å². The molecule has 158 valence electrons. The first kappa shape index (κ1) is 22.5. The van der Waals surface area contributed by atoms with Crippen LogP contribution in [0.25, 0.3) is 0 Å². The normalized spacial score (nSPS) is 12.2. The number of methoxy groups -OCH3 is 2. The van der Waals surface area contributed by atoms with Crippen LogP contribution in [0.4, 0.5) is 5.69 Å². The van der Waals surface area contributed by atoms with Gasteiger partial charge in [-0.1, -0.05) is 6.07 Å². The highest BCUT2D eigenvalue weighted by atomic mass is 32.2. The summed E-state index contributed by atoms with van der Waals surface area (Å²) >= 11 is 0. The summed E-state index contributed by atoms with van der Waals surface area (Å²) in [6.07, 6.45) is 1.09. The van der Waals surface area contributed by atoms with E-state index in [1.165, 1.54) is 0 Å². The number of carbonyl (C=O) groups is 1. The van der Waals surface area contributed by atoms with Crippen LogP contribution in [0.5, 0.6) is 11.5 Å². The fraction of sp³-hybridized carbons (Fsp3) is 0.381. The van der Waals surface area contributed by atoms with Crippen molar-refractivity contribution in [3.63, 3.8) is 0 Å². The summed E-state index contributed by atoms with van der Waals surface area (Å²) in [5.41, 5.74) is 3.19. The van der Waals surface area contributed by atoms with Crippen molar-refractivity contribution in [1.29, 1.82) is 0 Å². The molecule has 1 N–H and O–H groups in total. The highest BCUT2D eigenvalue weighted by Crippen LogP contribution is 2.29. The van der Waals surface area contributed by atoms with Crippen molar-refractivity contribution < 1.29 is 22.7 Å². The van der Waals surface area contributed by atoms with Crippen molar-refractivity contribution in [2.24, 2.45) is 0 Å². The molecule has 2 aromatic carbocycles. The minimum Gasteiger partial charge on any atom is -0.497 e. The Hall–Kier alpha value is -2.74. The van der Waals surface area contributed by atoms with E-state index in [0.29, 0.717) is 17.2 Å². The second kappa shape index (κ2) is 9.17. The number of hydrogen-bond acceptors (Lipinski definition) is 5. The largest absolute Gasteiger partial charge is 0.497 e. The number of nitrogens with zero attached hydrogens (tertiary/aromatic N) is 1. The third-order valence-corrected chi connectivity index (χ3v) is 5.89. The molecule has 0 aliphatic heterocycles. The summed E-state index contributed by atoms with van der Waals surface area (Å²) in [4.78, 5) is 12.7. The van der Waals surface area contributed by atoms with Gasteiger partial charge in [0.2, 0.25) is 15.9 Å². The van der Waals surface area contributed by atoms with Gasteiger partial charge in [-0.15, -0.1) is 0 Å². The lowest BCUT2D eigenvalue weighted by molar-refractivity contribution is -0.120. The average Bonchev–Trinajstić information content (AvgIpc) is 2.66. The Bertz CT molecular complexity index is 989. The van der Waals surface area contributed by atoms with E-state index in [4.69, 9.17) is 9.47 Å². The van der Waals surface area contributed by atoms with Gasteiger partial charge in [-0.05, 0) is 62.2 Å². The molecular formula is C21H28N2O5S. The molecule has 29 heavy (non-hydrogen) atoms. The van der Waals surface area contributed by atoms with Gasteiger partial charge in [-0.3, -0.25) is 9.10 Å². The third-order valence-electron chi connectivity index (χ3n) is 4.75. The van der Waals surface area contributed by atoms with E-state index in [0.717, 1.165) is 27.3 Å². The van der Waals surface area contributed by atoms with Gasteiger partial charge in [0.15, 0.2) is 0 Å². The van der Waals surface area contributed by atoms with Gasteiger partial charge in [0, 0.05) is 5.56 Å². The van der Waals surface area contributed by atoms with E-state index < -0.39 is 22.0 Å². The summed E-state index contributed by atoms with van der Waals surface area (Å²) in [5.74, 6) is 0.813. The van der Waals surface area contributed by atoms with Gasteiger partial charge in [0.25, 0.3) is 0 Å². The molecule has 0 aromatic heterocycles. The molecule has 0 saturated heterocycles. The van der Waals surface area contributed by atoms with Crippen LogP contribution in [0.15, 0.2) is 36.4 Å². The molecule has 8 heteroatoms. The van der Waals surface area contributed by atoms with Crippen molar-refractivity contribution in [2.45, 2.75) is 26.8 Å². The Kier molecular flexibility index (Phi) is 7.13. The Morgan fingerprint density at radius 2 is 1.76 bits per heavy atom. The topological polar surface area (TPSA) is 84.9 Å². The van der Waals surface area contributed by atoms with Gasteiger partial charge in [-0.2, -0.15) is 0 Å². The number of hydrogen-bond donors (Lipinski definition) is 1. The molecule has 2 aromatic rings. The molecule has 7 nitrogen and oxygen atoms in total. The number of ether oxygens (including phenoxy) is 2. The van der Waals surface area contributed by atoms with Gasteiger partial charge >= 0.3 is 0 Å². The summed E-state index contributed by atoms with van der Waals surface area (Å²) < 4.78 is 36.3. The zero-order valence-corrected chi connectivity index (χ0v) is 18.5. The quantitative estimate of drug-likeness (QED) is 0.710. The predicted octanol–water partition coefficient (Wildman–Crippen LogP) is 2.96. The Morgan fingerprint density at radius 1 is 1.07 bits per heavy atom. The van der Waals surface area contributed by atoms with Crippen molar-refractivity contribution in [3.8, 4) is 11.5 Å². The number of sulfonamides is 1. The molecule has 2 rings (SSSR count). The number of anilines is 1. The number of aryl methyl sites for hydroxylation is 2. The molecule has 0 radical (unpaired) electrons. The second-order valence-electron chi connectivity index (χ2n) is 6.94. The summed E-state index contributed by atoms with van der Waals surface area (Å²) in [6, 6.07) is 10.2. The van der Waals surface area contributed by atoms with E-state index in [-0.39, 0.29) is 6.54 Å². The number of carbonyl (C=O) groups excluding carboxylic acids is 1. The number of amides is 1. The molecule has 0 unspecified atom stereocenters. The Balaban J connectivity index is 2.23. The van der Waals surface area contributed by atoms with Crippen molar-refractivity contribution in [2.75, 3.05) is 31.3 Å². The van der Waals surface area contributed by atoms with Crippen LogP contribution in [0.2, 0.25) is 0 Å². The van der Waals surface area contributed by atoms with Gasteiger partial charge in [0.05, 0.1) is 32.2 Å². The lowest BCUT2D eigenvalue weighted by Gasteiger charge is -2.24. The van der Waals surface area contributed by atoms with Crippen LogP contribution in [0.1, 0.15) is 29.7 Å².